The Morgan fingerprint density at radius 1 is 1.18 bits per heavy atom. The minimum absolute atomic E-state index is 0.544. The van der Waals surface area contributed by atoms with Crippen LogP contribution in [0.15, 0.2) is 0 Å². The van der Waals surface area contributed by atoms with Crippen LogP contribution in [0.3, 0.4) is 0 Å². The molecule has 0 aromatic rings. The Labute approximate surface area is 95.7 Å². The summed E-state index contributed by atoms with van der Waals surface area (Å²) in [7, 11) is -4.15. The molecule has 9 nitrogen and oxygen atoms in total. The van der Waals surface area contributed by atoms with Crippen LogP contribution in [0.25, 0.3) is 0 Å². The molecule has 0 amide bonds. The van der Waals surface area contributed by atoms with Gasteiger partial charge in [-0.15, -0.1) is 0 Å². The fraction of sp³-hybridized carbons (Fsp3) is 0.571. The monoisotopic (exact) mass is 270 g/mol. The summed E-state index contributed by atoms with van der Waals surface area (Å²) in [6.07, 6.45) is -2.01. The van der Waals surface area contributed by atoms with Crippen LogP contribution in [-0.2, 0) is 28.7 Å². The van der Waals surface area contributed by atoms with Gasteiger partial charge in [0.05, 0.1) is 19.1 Å². The largest absolute Gasteiger partial charge is 0.481 e. The van der Waals surface area contributed by atoms with Crippen LogP contribution in [0.5, 0.6) is 0 Å². The zero-order chi connectivity index (χ0) is 13.9. The molecule has 0 spiro atoms. The topological polar surface area (TPSA) is 155 Å². The van der Waals surface area contributed by atoms with E-state index in [4.69, 9.17) is 10.2 Å². The highest BCUT2D eigenvalue weighted by Gasteiger charge is 2.42. The van der Waals surface area contributed by atoms with Crippen molar-refractivity contribution in [1.82, 2.24) is 0 Å². The number of carboxylic acid groups (broad SMARTS) is 2. The Morgan fingerprint density at radius 2 is 1.65 bits per heavy atom. The van der Waals surface area contributed by atoms with Gasteiger partial charge in [-0.3, -0.25) is 9.59 Å². The van der Waals surface area contributed by atoms with Crippen molar-refractivity contribution in [2.24, 2.45) is 0 Å². The van der Waals surface area contributed by atoms with Crippen LogP contribution in [-0.4, -0.2) is 53.5 Å². The summed E-state index contributed by atoms with van der Waals surface area (Å²) in [6, 6.07) is 0. The van der Waals surface area contributed by atoms with E-state index in [0.29, 0.717) is 6.26 Å². The maximum absolute atomic E-state index is 10.9. The Bertz CT molecular complexity index is 436. The standard InChI is InChI=1S/C7H10O9S/c1-17(14,15)16-5(10)3-7(13,6(11)12)2-4(8)9/h13H,2-3H2,1H3,(H,8,9)(H,11,12). The van der Waals surface area contributed by atoms with Gasteiger partial charge in [0.2, 0.25) is 0 Å². The third-order valence-electron chi connectivity index (χ3n) is 1.52. The second kappa shape index (κ2) is 5.10. The molecule has 3 N–H and O–H groups in total. The summed E-state index contributed by atoms with van der Waals surface area (Å²) in [5, 5.41) is 26.3. The van der Waals surface area contributed by atoms with E-state index in [2.05, 4.69) is 4.18 Å². The molecule has 98 valence electrons. The summed E-state index contributed by atoms with van der Waals surface area (Å²) in [4.78, 5) is 31.8. The number of aliphatic carboxylic acids is 2. The van der Waals surface area contributed by atoms with Crippen molar-refractivity contribution in [3.63, 3.8) is 0 Å². The molecule has 0 aromatic carbocycles. The zero-order valence-electron chi connectivity index (χ0n) is 8.61. The molecule has 10 heteroatoms. The third-order valence-corrected chi connectivity index (χ3v) is 2.01. The number of carboxylic acids is 2. The summed E-state index contributed by atoms with van der Waals surface area (Å²) in [5.41, 5.74) is -2.91. The first-order valence-electron chi connectivity index (χ1n) is 4.06. The molecule has 1 unspecified atom stereocenters. The molecule has 0 bridgehead atoms. The third kappa shape index (κ3) is 5.82. The van der Waals surface area contributed by atoms with E-state index < -0.39 is 46.5 Å². The van der Waals surface area contributed by atoms with Gasteiger partial charge in [0.15, 0.2) is 5.60 Å². The van der Waals surface area contributed by atoms with Gasteiger partial charge < -0.3 is 19.5 Å². The molecule has 17 heavy (non-hydrogen) atoms. The van der Waals surface area contributed by atoms with Crippen molar-refractivity contribution in [3.8, 4) is 0 Å². The molecule has 0 rings (SSSR count). The number of carbonyl (C=O) groups is 3. The Kier molecular flexibility index (Phi) is 4.60. The first kappa shape index (κ1) is 15.3. The lowest BCUT2D eigenvalue weighted by Gasteiger charge is -2.19. The van der Waals surface area contributed by atoms with E-state index in [1.807, 2.05) is 0 Å². The fourth-order valence-electron chi connectivity index (χ4n) is 0.901. The summed E-state index contributed by atoms with van der Waals surface area (Å²) < 4.78 is 24.8. The molecular weight excluding hydrogens is 260 g/mol. The van der Waals surface area contributed by atoms with Gasteiger partial charge in [0.1, 0.15) is 0 Å². The number of rotatable bonds is 6. The van der Waals surface area contributed by atoms with Crippen molar-refractivity contribution >= 4 is 28.0 Å². The van der Waals surface area contributed by atoms with Crippen molar-refractivity contribution < 1.29 is 42.3 Å². The lowest BCUT2D eigenvalue weighted by molar-refractivity contribution is -0.169. The first-order chi connectivity index (χ1) is 7.46. The minimum atomic E-state index is -4.15. The lowest BCUT2D eigenvalue weighted by Crippen LogP contribution is -2.43. The lowest BCUT2D eigenvalue weighted by atomic mass is 9.96. The van der Waals surface area contributed by atoms with E-state index in [0.717, 1.165) is 0 Å². The minimum Gasteiger partial charge on any atom is -0.481 e. The van der Waals surface area contributed by atoms with Crippen LogP contribution in [0.2, 0.25) is 0 Å². The molecular formula is C7H10O9S. The van der Waals surface area contributed by atoms with Crippen molar-refractivity contribution in [3.05, 3.63) is 0 Å². The van der Waals surface area contributed by atoms with Gasteiger partial charge in [-0.05, 0) is 0 Å². The quantitative estimate of drug-likeness (QED) is 0.472. The molecule has 0 heterocycles. The van der Waals surface area contributed by atoms with Gasteiger partial charge in [-0.1, -0.05) is 0 Å². The molecule has 0 saturated heterocycles. The van der Waals surface area contributed by atoms with Crippen LogP contribution >= 0.6 is 0 Å². The van der Waals surface area contributed by atoms with E-state index in [1.165, 1.54) is 0 Å². The normalized spacial score (nSPS) is 14.7. The second-order valence-corrected chi connectivity index (χ2v) is 4.82. The average Bonchev–Trinajstić information content (AvgIpc) is 1.96. The highest BCUT2D eigenvalue weighted by Crippen LogP contribution is 2.17. The summed E-state index contributed by atoms with van der Waals surface area (Å²) in [6.45, 7) is 0. The molecule has 0 aromatic heterocycles. The number of hydrogen-bond donors (Lipinski definition) is 3. The molecule has 0 aliphatic heterocycles. The van der Waals surface area contributed by atoms with Crippen LogP contribution in [0.1, 0.15) is 12.8 Å². The number of carbonyl (C=O) groups excluding carboxylic acids is 1. The summed E-state index contributed by atoms with van der Waals surface area (Å²) >= 11 is 0. The fourth-order valence-corrected chi connectivity index (χ4v) is 1.30. The molecule has 0 aliphatic rings. The predicted molar refractivity (Wildman–Crippen MR) is 50.4 cm³/mol. The maximum atomic E-state index is 10.9. The Balaban J connectivity index is 4.84. The molecule has 0 fully saturated rings. The van der Waals surface area contributed by atoms with Crippen molar-refractivity contribution in [2.45, 2.75) is 18.4 Å². The second-order valence-electron chi connectivity index (χ2n) is 3.24. The molecule has 0 saturated carbocycles. The van der Waals surface area contributed by atoms with Gasteiger partial charge in [-0.25, -0.2) is 4.79 Å². The van der Waals surface area contributed by atoms with E-state index >= 15 is 0 Å². The maximum Gasteiger partial charge on any atom is 0.336 e. The van der Waals surface area contributed by atoms with Crippen LogP contribution in [0.4, 0.5) is 0 Å². The van der Waals surface area contributed by atoms with E-state index in [9.17, 15) is 27.9 Å². The number of hydrogen-bond acceptors (Lipinski definition) is 7. The van der Waals surface area contributed by atoms with Crippen molar-refractivity contribution in [2.75, 3.05) is 6.26 Å². The smallest absolute Gasteiger partial charge is 0.336 e. The van der Waals surface area contributed by atoms with Crippen LogP contribution < -0.4 is 0 Å². The highest BCUT2D eigenvalue weighted by atomic mass is 32.2. The van der Waals surface area contributed by atoms with Crippen LogP contribution in [0, 0.1) is 0 Å². The molecule has 1 atom stereocenters. The predicted octanol–water partition coefficient (Wildman–Crippen LogP) is -1.83. The molecule has 0 aliphatic carbocycles. The zero-order valence-corrected chi connectivity index (χ0v) is 9.43. The number of aliphatic hydroxyl groups is 1. The van der Waals surface area contributed by atoms with Gasteiger partial charge in [-0.2, -0.15) is 8.42 Å². The Morgan fingerprint density at radius 3 is 1.94 bits per heavy atom. The van der Waals surface area contributed by atoms with Gasteiger partial charge >= 0.3 is 28.0 Å². The SMILES string of the molecule is CS(=O)(=O)OC(=O)CC(O)(CC(=O)O)C(=O)O. The van der Waals surface area contributed by atoms with Gasteiger partial charge in [0, 0.05) is 0 Å². The molecule has 0 radical (unpaired) electrons. The van der Waals surface area contributed by atoms with E-state index in [1.54, 1.807) is 0 Å². The highest BCUT2D eigenvalue weighted by molar-refractivity contribution is 7.86. The van der Waals surface area contributed by atoms with E-state index in [-0.39, 0.29) is 0 Å². The average molecular weight is 270 g/mol. The first-order valence-corrected chi connectivity index (χ1v) is 5.88. The van der Waals surface area contributed by atoms with Gasteiger partial charge in [0.25, 0.3) is 0 Å². The Hall–Kier alpha value is -1.68. The van der Waals surface area contributed by atoms with Crippen molar-refractivity contribution in [1.29, 1.82) is 0 Å². The summed E-state index contributed by atoms with van der Waals surface area (Å²) in [5.74, 6) is -5.19.